The van der Waals surface area contributed by atoms with E-state index in [-0.39, 0.29) is 22.8 Å². The zero-order chi connectivity index (χ0) is 3.58. The van der Waals surface area contributed by atoms with Crippen LogP contribution in [-0.4, -0.2) is 33.7 Å². The van der Waals surface area contributed by atoms with E-state index >= 15 is 0 Å². The minimum absolute atomic E-state index is 0. The van der Waals surface area contributed by atoms with E-state index in [1.165, 1.54) is 0 Å². The fourth-order valence-corrected chi connectivity index (χ4v) is 0. The molecule has 6 heavy (non-hydrogen) atoms. The van der Waals surface area contributed by atoms with Crippen molar-refractivity contribution in [2.45, 2.75) is 18.6 Å². The van der Waals surface area contributed by atoms with Crippen molar-refractivity contribution >= 4 is 33.7 Å². The van der Waals surface area contributed by atoms with E-state index in [2.05, 4.69) is 30.1 Å². The minimum atomic E-state index is 0. The van der Waals surface area contributed by atoms with E-state index in [9.17, 15) is 0 Å². The Morgan fingerprint density at radius 2 is 1.33 bits per heavy atom. The maximum absolute atomic E-state index is 2.66. The summed E-state index contributed by atoms with van der Waals surface area (Å²) in [5, 5.41) is 0. The first-order chi connectivity index (χ1) is 1.73. The average Bonchev–Trinajstić information content (AvgIpc) is 0.811. The molecule has 0 aromatic heterocycles. The molecule has 0 N–H and O–H groups in total. The van der Waals surface area contributed by atoms with Crippen LogP contribution in [0.5, 0.6) is 0 Å². The van der Waals surface area contributed by atoms with Crippen molar-refractivity contribution in [3.05, 3.63) is 0 Å². The van der Waals surface area contributed by atoms with Crippen LogP contribution in [0, 0.1) is 0 Å². The van der Waals surface area contributed by atoms with E-state index in [0.29, 0.717) is 0 Å². The van der Waals surface area contributed by atoms with Gasteiger partial charge in [-0.1, -0.05) is 0 Å². The van der Waals surface area contributed by atoms with Gasteiger partial charge < -0.3 is 5.48 Å². The largest absolute Gasteiger partial charge is 3.00 e. The fraction of sp³-hybridized carbons (Fsp3) is 1.00. The van der Waals surface area contributed by atoms with Gasteiger partial charge in [-0.15, -0.1) is 0 Å². The van der Waals surface area contributed by atoms with E-state index in [1.807, 2.05) is 0 Å². The molecule has 0 aliphatic heterocycles. The maximum atomic E-state index is 2.66. The molecule has 0 saturated heterocycles. The summed E-state index contributed by atoms with van der Waals surface area (Å²) >= 11 is 2.66. The van der Waals surface area contributed by atoms with Gasteiger partial charge >= 0.3 is 52.3 Å². The van der Waals surface area contributed by atoms with Crippen molar-refractivity contribution < 1.29 is 5.48 Å². The summed E-state index contributed by atoms with van der Waals surface area (Å²) < 4.78 is 0.750. The van der Waals surface area contributed by atoms with Crippen molar-refractivity contribution in [2.75, 3.05) is 0 Å². The number of rotatable bonds is 0. The molecule has 3 heteroatoms. The molecule has 0 rings (SSSR count). The average molecular weight is 113 g/mol. The molecule has 0 spiro atoms. The molecule has 0 amide bonds. The third-order valence-electron chi connectivity index (χ3n) is 0. The molecule has 0 unspecified atom stereocenters. The molecule has 0 heterocycles. The van der Waals surface area contributed by atoms with Gasteiger partial charge in [0.15, 0.2) is 0 Å². The Balaban J connectivity index is -0.0000000450. The third-order valence-corrected chi connectivity index (χ3v) is 0. The van der Waals surface area contributed by atoms with Gasteiger partial charge in [-0.25, -0.2) is 0 Å². The normalized spacial score (nSPS) is 6.17. The van der Waals surface area contributed by atoms with E-state index in [4.69, 9.17) is 0 Å². The van der Waals surface area contributed by atoms with Crippen molar-refractivity contribution in [1.82, 2.24) is 0 Å². The molecule has 0 saturated carbocycles. The second kappa shape index (κ2) is 9.39. The molecule has 0 atom stereocenters. The van der Waals surface area contributed by atoms with Gasteiger partial charge in [-0.2, -0.15) is 0 Å². The number of hydrogen-bond donors (Lipinski definition) is 0. The van der Waals surface area contributed by atoms with Gasteiger partial charge in [-0.3, -0.25) is 0 Å². The Morgan fingerprint density at radius 3 is 1.33 bits per heavy atom. The van der Waals surface area contributed by atoms with Crippen LogP contribution in [0.3, 0.4) is 0 Å². The van der Waals surface area contributed by atoms with Crippen molar-refractivity contribution in [3.8, 4) is 0 Å². The summed E-state index contributed by atoms with van der Waals surface area (Å²) in [5.74, 6) is 0. The summed E-state index contributed by atoms with van der Waals surface area (Å²) in [6, 6.07) is 0. The molecule has 0 aromatic carbocycles. The Morgan fingerprint density at radius 1 is 1.33 bits per heavy atom. The van der Waals surface area contributed by atoms with E-state index < -0.39 is 0 Å². The van der Waals surface area contributed by atoms with Crippen LogP contribution in [0.15, 0.2) is 0 Å². The van der Waals surface area contributed by atoms with Gasteiger partial charge in [0.25, 0.3) is 0 Å². The van der Waals surface area contributed by atoms with Gasteiger partial charge in [0.05, 0.1) is 0 Å². The van der Waals surface area contributed by atoms with Crippen LogP contribution in [0.1, 0.15) is 13.8 Å². The maximum Gasteiger partial charge on any atom is 3.00 e. The quantitative estimate of drug-likeness (QED) is 0.409. The SMILES string of the molecule is C[CH](C)[Al+2].[Al+3].[O-2]. The van der Waals surface area contributed by atoms with Crippen molar-refractivity contribution in [2.24, 2.45) is 0 Å². The zero-order valence-corrected chi connectivity index (χ0v) is 6.45. The van der Waals surface area contributed by atoms with Crippen molar-refractivity contribution in [3.63, 3.8) is 0 Å². The van der Waals surface area contributed by atoms with Gasteiger partial charge in [0, 0.05) is 0 Å². The molecule has 0 bridgehead atoms. The van der Waals surface area contributed by atoms with Gasteiger partial charge in [0.1, 0.15) is 0 Å². The molecular formula is C3H7Al2O+3. The predicted molar refractivity (Wildman–Crippen MR) is 27.3 cm³/mol. The van der Waals surface area contributed by atoms with Crippen LogP contribution in [-0.2, 0) is 5.48 Å². The standard InChI is InChI=1S/C3H7.2Al.O/c1-3-2;;;/h3H,1-2H3;;;/q;+2;+3;-2. The first-order valence-corrected chi connectivity index (χ1v) is 2.15. The summed E-state index contributed by atoms with van der Waals surface area (Å²) in [4.78, 5) is 0. The van der Waals surface area contributed by atoms with Crippen LogP contribution in [0.4, 0.5) is 0 Å². The number of hydrogen-bond acceptors (Lipinski definition) is 0. The monoisotopic (exact) mass is 113 g/mol. The van der Waals surface area contributed by atoms with Crippen LogP contribution < -0.4 is 0 Å². The summed E-state index contributed by atoms with van der Waals surface area (Å²) in [7, 11) is 0. The molecular weight excluding hydrogens is 106 g/mol. The molecule has 0 radical (unpaired) electrons. The van der Waals surface area contributed by atoms with Crippen molar-refractivity contribution in [1.29, 1.82) is 0 Å². The van der Waals surface area contributed by atoms with Gasteiger partial charge in [-0.05, 0) is 0 Å². The molecule has 1 nitrogen and oxygen atoms in total. The summed E-state index contributed by atoms with van der Waals surface area (Å²) in [6.45, 7) is 4.26. The third kappa shape index (κ3) is 77.5. The molecule has 0 aliphatic carbocycles. The van der Waals surface area contributed by atoms with Crippen LogP contribution >= 0.6 is 0 Å². The second-order valence-corrected chi connectivity index (χ2v) is 2.58. The molecule has 0 fully saturated rings. The predicted octanol–water partition coefficient (Wildman–Crippen LogP) is 0.484. The van der Waals surface area contributed by atoms with Gasteiger partial charge in [0.2, 0.25) is 0 Å². The smallest absolute Gasteiger partial charge is 2.00 e. The zero-order valence-electron chi connectivity index (χ0n) is 4.14. The minimum Gasteiger partial charge on any atom is -2.00 e. The summed E-state index contributed by atoms with van der Waals surface area (Å²) in [6.07, 6.45) is 0. The Kier molecular flexibility index (Phi) is 24.6. The van der Waals surface area contributed by atoms with Crippen LogP contribution in [0.25, 0.3) is 0 Å². The molecule has 0 aliphatic rings. The Hall–Kier alpha value is 1.02. The Bertz CT molecular complexity index is 13.5. The first kappa shape index (κ1) is 15.7. The summed E-state index contributed by atoms with van der Waals surface area (Å²) in [5.41, 5.74) is 0. The second-order valence-electron chi connectivity index (χ2n) is 1.24. The topological polar surface area (TPSA) is 28.5 Å². The molecule has 28 valence electrons. The fourth-order valence-electron chi connectivity index (χ4n) is 0. The van der Waals surface area contributed by atoms with E-state index in [1.54, 1.807) is 0 Å². The van der Waals surface area contributed by atoms with Crippen LogP contribution in [0.2, 0.25) is 4.78 Å². The first-order valence-electron chi connectivity index (χ1n) is 1.49. The molecule has 0 aromatic rings. The Labute approximate surface area is 58.0 Å². The van der Waals surface area contributed by atoms with E-state index in [0.717, 1.165) is 4.78 Å².